The molecule has 0 atom stereocenters. The zero-order valence-corrected chi connectivity index (χ0v) is 16.1. The Morgan fingerprint density at radius 2 is 1.93 bits per heavy atom. The molecule has 4 rings (SSSR count). The summed E-state index contributed by atoms with van der Waals surface area (Å²) in [6.07, 6.45) is 1.63. The fourth-order valence-electron chi connectivity index (χ4n) is 3.04. The Labute approximate surface area is 160 Å². The van der Waals surface area contributed by atoms with Crippen molar-refractivity contribution in [3.8, 4) is 22.2 Å². The average Bonchev–Trinajstić information content (AvgIpc) is 3.09. The first-order chi connectivity index (χ1) is 13.1. The van der Waals surface area contributed by atoms with Crippen LogP contribution in [-0.2, 0) is 0 Å². The standard InChI is InChI=1S/C20H19N3O3S/c1-11-6-14(19-15(7-11)22-17(25-3)10-21-19)20-23-18-12(2)8-13(26-5-4-24)9-16(18)27-20/h6-10,24H,4-5H2,1-3H3. The fourth-order valence-corrected chi connectivity index (χ4v) is 4.13. The Bertz CT molecular complexity index is 1140. The summed E-state index contributed by atoms with van der Waals surface area (Å²) in [4.78, 5) is 13.9. The van der Waals surface area contributed by atoms with Crippen LogP contribution in [0.5, 0.6) is 11.6 Å². The van der Waals surface area contributed by atoms with Crippen molar-refractivity contribution in [2.75, 3.05) is 20.3 Å². The van der Waals surface area contributed by atoms with E-state index in [1.165, 1.54) is 0 Å². The Balaban J connectivity index is 1.88. The number of aliphatic hydroxyl groups is 1. The first-order valence-electron chi connectivity index (χ1n) is 8.55. The molecule has 0 unspecified atom stereocenters. The van der Waals surface area contributed by atoms with Crippen LogP contribution in [0.15, 0.2) is 30.5 Å². The number of methoxy groups -OCH3 is 1. The first-order valence-corrected chi connectivity index (χ1v) is 9.37. The van der Waals surface area contributed by atoms with Gasteiger partial charge in [0.25, 0.3) is 0 Å². The lowest BCUT2D eigenvalue weighted by Crippen LogP contribution is -2.01. The van der Waals surface area contributed by atoms with Crippen molar-refractivity contribution in [1.29, 1.82) is 0 Å². The van der Waals surface area contributed by atoms with E-state index in [1.54, 1.807) is 24.6 Å². The van der Waals surface area contributed by atoms with Crippen LogP contribution in [0.3, 0.4) is 0 Å². The maximum Gasteiger partial charge on any atom is 0.232 e. The van der Waals surface area contributed by atoms with Crippen LogP contribution in [0.25, 0.3) is 31.8 Å². The van der Waals surface area contributed by atoms with Gasteiger partial charge in [-0.05, 0) is 49.2 Å². The molecule has 27 heavy (non-hydrogen) atoms. The number of nitrogens with zero attached hydrogens (tertiary/aromatic N) is 3. The lowest BCUT2D eigenvalue weighted by Gasteiger charge is -2.06. The normalized spacial score (nSPS) is 11.3. The lowest BCUT2D eigenvalue weighted by molar-refractivity contribution is 0.201. The molecule has 2 heterocycles. The molecule has 7 heteroatoms. The van der Waals surface area contributed by atoms with Crippen LogP contribution in [-0.4, -0.2) is 40.4 Å². The van der Waals surface area contributed by atoms with Crippen molar-refractivity contribution in [3.05, 3.63) is 41.6 Å². The molecule has 4 aromatic rings. The summed E-state index contributed by atoms with van der Waals surface area (Å²) >= 11 is 1.59. The third-order valence-electron chi connectivity index (χ3n) is 4.23. The Morgan fingerprint density at radius 1 is 1.07 bits per heavy atom. The number of aliphatic hydroxyl groups excluding tert-OH is 1. The van der Waals surface area contributed by atoms with Gasteiger partial charge < -0.3 is 14.6 Å². The average molecular weight is 381 g/mol. The minimum absolute atomic E-state index is 0.0115. The molecule has 2 aromatic carbocycles. The molecule has 6 nitrogen and oxygen atoms in total. The maximum atomic E-state index is 8.97. The van der Waals surface area contributed by atoms with Crippen LogP contribution in [0.4, 0.5) is 0 Å². The topological polar surface area (TPSA) is 77.4 Å². The monoisotopic (exact) mass is 381 g/mol. The van der Waals surface area contributed by atoms with E-state index in [1.807, 2.05) is 32.0 Å². The van der Waals surface area contributed by atoms with Crippen LogP contribution < -0.4 is 9.47 Å². The molecule has 138 valence electrons. The highest BCUT2D eigenvalue weighted by atomic mass is 32.1. The highest BCUT2D eigenvalue weighted by Crippen LogP contribution is 2.37. The second-order valence-electron chi connectivity index (χ2n) is 6.27. The van der Waals surface area contributed by atoms with Gasteiger partial charge in [0.15, 0.2) is 0 Å². The van der Waals surface area contributed by atoms with E-state index in [0.29, 0.717) is 5.88 Å². The second-order valence-corrected chi connectivity index (χ2v) is 7.30. The fraction of sp³-hybridized carbons (Fsp3) is 0.250. The zero-order chi connectivity index (χ0) is 19.0. The van der Waals surface area contributed by atoms with E-state index in [-0.39, 0.29) is 13.2 Å². The number of rotatable bonds is 5. The van der Waals surface area contributed by atoms with Gasteiger partial charge in [0.05, 0.1) is 41.2 Å². The zero-order valence-electron chi connectivity index (χ0n) is 15.3. The van der Waals surface area contributed by atoms with Gasteiger partial charge in [0, 0.05) is 5.56 Å². The van der Waals surface area contributed by atoms with Gasteiger partial charge in [-0.25, -0.2) is 15.0 Å². The van der Waals surface area contributed by atoms with E-state index in [9.17, 15) is 0 Å². The summed E-state index contributed by atoms with van der Waals surface area (Å²) in [6.45, 7) is 4.30. The third-order valence-corrected chi connectivity index (χ3v) is 5.26. The molecule has 0 amide bonds. The summed E-state index contributed by atoms with van der Waals surface area (Å²) in [6, 6.07) is 7.99. The van der Waals surface area contributed by atoms with Crippen LogP contribution in [0.1, 0.15) is 11.1 Å². The van der Waals surface area contributed by atoms with Crippen LogP contribution in [0, 0.1) is 13.8 Å². The van der Waals surface area contributed by atoms with E-state index in [2.05, 4.69) is 16.0 Å². The molecule has 0 saturated carbocycles. The molecule has 2 aromatic heterocycles. The third kappa shape index (κ3) is 3.31. The molecule has 0 saturated heterocycles. The predicted molar refractivity (Wildman–Crippen MR) is 107 cm³/mol. The van der Waals surface area contributed by atoms with Gasteiger partial charge in [-0.3, -0.25) is 0 Å². The number of thiazole rings is 1. The van der Waals surface area contributed by atoms with Crippen LogP contribution in [0.2, 0.25) is 0 Å². The summed E-state index contributed by atoms with van der Waals surface area (Å²) in [5, 5.41) is 9.86. The Morgan fingerprint density at radius 3 is 2.70 bits per heavy atom. The minimum Gasteiger partial charge on any atom is -0.491 e. The van der Waals surface area contributed by atoms with Gasteiger partial charge >= 0.3 is 0 Å². The van der Waals surface area contributed by atoms with Gasteiger partial charge in [-0.15, -0.1) is 11.3 Å². The van der Waals surface area contributed by atoms with E-state index < -0.39 is 0 Å². The van der Waals surface area contributed by atoms with Crippen molar-refractivity contribution in [2.45, 2.75) is 13.8 Å². The van der Waals surface area contributed by atoms with Gasteiger partial charge in [0.2, 0.25) is 5.88 Å². The number of aromatic nitrogens is 3. The molecular weight excluding hydrogens is 362 g/mol. The van der Waals surface area contributed by atoms with Crippen molar-refractivity contribution in [2.24, 2.45) is 0 Å². The second kappa shape index (κ2) is 7.09. The van der Waals surface area contributed by atoms with E-state index in [4.69, 9.17) is 19.6 Å². The van der Waals surface area contributed by atoms with Crippen molar-refractivity contribution in [3.63, 3.8) is 0 Å². The van der Waals surface area contributed by atoms with Crippen molar-refractivity contribution >= 4 is 32.6 Å². The van der Waals surface area contributed by atoms with Gasteiger partial charge in [-0.1, -0.05) is 0 Å². The molecule has 0 bridgehead atoms. The van der Waals surface area contributed by atoms with E-state index in [0.717, 1.165) is 48.7 Å². The maximum absolute atomic E-state index is 8.97. The van der Waals surface area contributed by atoms with Crippen molar-refractivity contribution < 1.29 is 14.6 Å². The van der Waals surface area contributed by atoms with Crippen LogP contribution >= 0.6 is 11.3 Å². The molecular formula is C20H19N3O3S. The number of benzene rings is 2. The number of ether oxygens (including phenoxy) is 2. The summed E-state index contributed by atoms with van der Waals surface area (Å²) in [5.41, 5.74) is 5.61. The summed E-state index contributed by atoms with van der Waals surface area (Å²) in [5.74, 6) is 1.23. The molecule has 0 fully saturated rings. The lowest BCUT2D eigenvalue weighted by atomic mass is 10.1. The molecule has 0 aliphatic heterocycles. The number of hydrogen-bond donors (Lipinski definition) is 1. The molecule has 0 aliphatic rings. The highest BCUT2D eigenvalue weighted by Gasteiger charge is 2.15. The predicted octanol–water partition coefficient (Wildman–Crippen LogP) is 3.90. The van der Waals surface area contributed by atoms with Gasteiger partial charge in [0.1, 0.15) is 17.4 Å². The minimum atomic E-state index is -0.0115. The summed E-state index contributed by atoms with van der Waals surface area (Å²) in [7, 11) is 1.58. The quantitative estimate of drug-likeness (QED) is 0.565. The summed E-state index contributed by atoms with van der Waals surface area (Å²) < 4.78 is 11.8. The number of fused-ring (bicyclic) bond motifs is 2. The molecule has 0 aliphatic carbocycles. The molecule has 1 N–H and O–H groups in total. The van der Waals surface area contributed by atoms with E-state index >= 15 is 0 Å². The Hall–Kier alpha value is -2.77. The number of aryl methyl sites for hydroxylation is 2. The van der Waals surface area contributed by atoms with Crippen molar-refractivity contribution in [1.82, 2.24) is 15.0 Å². The molecule has 0 radical (unpaired) electrons. The molecule has 0 spiro atoms. The number of hydrogen-bond acceptors (Lipinski definition) is 7. The Kier molecular flexibility index (Phi) is 4.63. The SMILES string of the molecule is COc1cnc2c(-c3nc4c(C)cc(OCCO)cc4s3)cc(C)cc2n1. The largest absolute Gasteiger partial charge is 0.491 e. The first kappa shape index (κ1) is 17.6. The smallest absolute Gasteiger partial charge is 0.232 e. The van der Waals surface area contributed by atoms with Gasteiger partial charge in [-0.2, -0.15) is 0 Å². The highest BCUT2D eigenvalue weighted by molar-refractivity contribution is 7.21.